The zero-order valence-corrected chi connectivity index (χ0v) is 7.74. The lowest BCUT2D eigenvalue weighted by molar-refractivity contribution is 1.02. The highest BCUT2D eigenvalue weighted by Crippen LogP contribution is 2.47. The van der Waals surface area contributed by atoms with Gasteiger partial charge in [0.1, 0.15) is 0 Å². The van der Waals surface area contributed by atoms with Crippen LogP contribution in [0.15, 0.2) is 49.6 Å². The van der Waals surface area contributed by atoms with E-state index in [4.69, 9.17) is 0 Å². The Bertz CT molecular complexity index is 321. The molecule has 1 aromatic rings. The summed E-state index contributed by atoms with van der Waals surface area (Å²) in [6.07, 6.45) is 3.27. The highest BCUT2D eigenvalue weighted by Gasteiger charge is 2.36. The Morgan fingerprint density at radius 3 is 2.54 bits per heavy atom. The Balaban J connectivity index is 2.11. The van der Waals surface area contributed by atoms with Gasteiger partial charge in [0, 0.05) is 0 Å². The van der Waals surface area contributed by atoms with Crippen molar-refractivity contribution in [1.82, 2.24) is 0 Å². The molecule has 1 aliphatic carbocycles. The lowest BCUT2D eigenvalue weighted by Gasteiger charge is -2.03. The van der Waals surface area contributed by atoms with E-state index in [-0.39, 0.29) is 0 Å². The van der Waals surface area contributed by atoms with E-state index in [1.165, 1.54) is 17.6 Å². The summed E-state index contributed by atoms with van der Waals surface area (Å²) in [5.74, 6) is 1.33. The quantitative estimate of drug-likeness (QED) is 0.609. The van der Waals surface area contributed by atoms with Gasteiger partial charge in [-0.2, -0.15) is 0 Å². The fourth-order valence-electron chi connectivity index (χ4n) is 1.74. The molecule has 0 heteroatoms. The molecule has 0 heterocycles. The first kappa shape index (κ1) is 8.31. The molecule has 66 valence electrons. The van der Waals surface area contributed by atoms with Gasteiger partial charge in [0.05, 0.1) is 0 Å². The number of benzene rings is 1. The van der Waals surface area contributed by atoms with E-state index in [9.17, 15) is 0 Å². The second kappa shape index (κ2) is 3.21. The van der Waals surface area contributed by atoms with Gasteiger partial charge in [0.15, 0.2) is 0 Å². The van der Waals surface area contributed by atoms with Crippen molar-refractivity contribution in [3.8, 4) is 0 Å². The molecule has 0 N–H and O–H groups in total. The van der Waals surface area contributed by atoms with E-state index in [1.54, 1.807) is 0 Å². The van der Waals surface area contributed by atoms with Crippen LogP contribution >= 0.6 is 0 Å². The number of rotatable bonds is 3. The standard InChI is InChI=1S/C13H14/c1-3-11-9-13(11)10(2)12-7-5-4-6-8-12/h3-8,11,13H,1-2,9H2. The summed E-state index contributed by atoms with van der Waals surface area (Å²) in [4.78, 5) is 0. The summed E-state index contributed by atoms with van der Waals surface area (Å²) in [5, 5.41) is 0. The minimum absolute atomic E-state index is 0.653. The maximum absolute atomic E-state index is 4.14. The van der Waals surface area contributed by atoms with E-state index < -0.39 is 0 Å². The third kappa shape index (κ3) is 1.57. The molecule has 0 saturated heterocycles. The van der Waals surface area contributed by atoms with Gasteiger partial charge in [-0.05, 0) is 29.4 Å². The fraction of sp³-hybridized carbons (Fsp3) is 0.231. The summed E-state index contributed by atoms with van der Waals surface area (Å²) < 4.78 is 0. The van der Waals surface area contributed by atoms with E-state index in [0.717, 1.165) is 0 Å². The summed E-state index contributed by atoms with van der Waals surface area (Å²) in [7, 11) is 0. The van der Waals surface area contributed by atoms with E-state index >= 15 is 0 Å². The number of hydrogen-bond acceptors (Lipinski definition) is 0. The Labute approximate surface area is 79.6 Å². The molecule has 1 fully saturated rings. The SMILES string of the molecule is C=CC1CC1C(=C)c1ccccc1. The van der Waals surface area contributed by atoms with E-state index in [0.29, 0.717) is 11.8 Å². The molecule has 0 radical (unpaired) electrons. The molecule has 0 bridgehead atoms. The topological polar surface area (TPSA) is 0 Å². The fourth-order valence-corrected chi connectivity index (χ4v) is 1.74. The van der Waals surface area contributed by atoms with Crippen LogP contribution in [0.3, 0.4) is 0 Å². The molecular weight excluding hydrogens is 156 g/mol. The molecular formula is C13H14. The van der Waals surface area contributed by atoms with Crippen LogP contribution in [0, 0.1) is 11.8 Å². The van der Waals surface area contributed by atoms with Gasteiger partial charge in [0.25, 0.3) is 0 Å². The van der Waals surface area contributed by atoms with Gasteiger partial charge >= 0.3 is 0 Å². The lowest BCUT2D eigenvalue weighted by Crippen LogP contribution is -1.85. The number of hydrogen-bond donors (Lipinski definition) is 0. The highest BCUT2D eigenvalue weighted by atomic mass is 14.4. The molecule has 0 aromatic heterocycles. The largest absolute Gasteiger partial charge is 0.103 e. The molecule has 2 unspecified atom stereocenters. The minimum atomic E-state index is 0.653. The van der Waals surface area contributed by atoms with Crippen LogP contribution in [0.5, 0.6) is 0 Å². The van der Waals surface area contributed by atoms with Crippen molar-refractivity contribution >= 4 is 5.57 Å². The molecule has 1 aromatic carbocycles. The van der Waals surface area contributed by atoms with Crippen molar-refractivity contribution in [3.05, 3.63) is 55.1 Å². The molecule has 0 spiro atoms. The van der Waals surface area contributed by atoms with Gasteiger partial charge < -0.3 is 0 Å². The first-order valence-electron chi connectivity index (χ1n) is 4.69. The monoisotopic (exact) mass is 170 g/mol. The zero-order chi connectivity index (χ0) is 9.26. The maximum atomic E-state index is 4.14. The Morgan fingerprint density at radius 2 is 2.00 bits per heavy atom. The Kier molecular flexibility index (Phi) is 2.05. The molecule has 0 nitrogen and oxygen atoms in total. The predicted molar refractivity (Wildman–Crippen MR) is 57.3 cm³/mol. The molecule has 1 saturated carbocycles. The normalized spacial score (nSPS) is 25.2. The third-order valence-corrected chi connectivity index (χ3v) is 2.73. The van der Waals surface area contributed by atoms with Crippen LogP contribution in [-0.2, 0) is 0 Å². The summed E-state index contributed by atoms with van der Waals surface area (Å²) >= 11 is 0. The Morgan fingerprint density at radius 1 is 1.31 bits per heavy atom. The van der Waals surface area contributed by atoms with E-state index in [1.807, 2.05) is 12.1 Å². The molecule has 1 aliphatic rings. The zero-order valence-electron chi connectivity index (χ0n) is 7.74. The van der Waals surface area contributed by atoms with Crippen molar-refractivity contribution in [2.75, 3.05) is 0 Å². The summed E-state index contributed by atoms with van der Waals surface area (Å²) in [6, 6.07) is 10.4. The van der Waals surface area contributed by atoms with Crippen LogP contribution < -0.4 is 0 Å². The first-order chi connectivity index (χ1) is 6.33. The average molecular weight is 170 g/mol. The van der Waals surface area contributed by atoms with Crippen molar-refractivity contribution in [2.45, 2.75) is 6.42 Å². The van der Waals surface area contributed by atoms with Crippen molar-refractivity contribution in [1.29, 1.82) is 0 Å². The van der Waals surface area contributed by atoms with Crippen molar-refractivity contribution in [2.24, 2.45) is 11.8 Å². The number of allylic oxidation sites excluding steroid dienone is 2. The predicted octanol–water partition coefficient (Wildman–Crippen LogP) is 3.52. The van der Waals surface area contributed by atoms with Gasteiger partial charge in [0.2, 0.25) is 0 Å². The van der Waals surface area contributed by atoms with Crippen LogP contribution in [0.25, 0.3) is 5.57 Å². The highest BCUT2D eigenvalue weighted by molar-refractivity contribution is 5.67. The van der Waals surface area contributed by atoms with Crippen LogP contribution in [0.2, 0.25) is 0 Å². The Hall–Kier alpha value is -1.30. The van der Waals surface area contributed by atoms with Gasteiger partial charge in [-0.3, -0.25) is 0 Å². The first-order valence-corrected chi connectivity index (χ1v) is 4.69. The third-order valence-electron chi connectivity index (χ3n) is 2.73. The molecule has 0 aliphatic heterocycles. The lowest BCUT2D eigenvalue weighted by atomic mass is 10.0. The maximum Gasteiger partial charge on any atom is -0.00930 e. The van der Waals surface area contributed by atoms with Crippen LogP contribution in [0.1, 0.15) is 12.0 Å². The minimum Gasteiger partial charge on any atom is -0.103 e. The molecule has 2 rings (SSSR count). The van der Waals surface area contributed by atoms with E-state index in [2.05, 4.69) is 37.4 Å². The molecule has 0 amide bonds. The smallest absolute Gasteiger partial charge is 0.00930 e. The summed E-state index contributed by atoms with van der Waals surface area (Å²) in [5.41, 5.74) is 2.54. The van der Waals surface area contributed by atoms with Crippen molar-refractivity contribution in [3.63, 3.8) is 0 Å². The average Bonchev–Trinajstić information content (AvgIpc) is 2.97. The van der Waals surface area contributed by atoms with Gasteiger partial charge in [-0.1, -0.05) is 43.0 Å². The molecule has 2 atom stereocenters. The summed E-state index contributed by atoms with van der Waals surface area (Å²) in [6.45, 7) is 7.95. The second-order valence-electron chi connectivity index (χ2n) is 3.63. The van der Waals surface area contributed by atoms with Crippen LogP contribution in [0.4, 0.5) is 0 Å². The van der Waals surface area contributed by atoms with Crippen LogP contribution in [-0.4, -0.2) is 0 Å². The molecule has 13 heavy (non-hydrogen) atoms. The van der Waals surface area contributed by atoms with Gasteiger partial charge in [-0.15, -0.1) is 6.58 Å². The van der Waals surface area contributed by atoms with Crippen molar-refractivity contribution < 1.29 is 0 Å². The van der Waals surface area contributed by atoms with Gasteiger partial charge in [-0.25, -0.2) is 0 Å². The second-order valence-corrected chi connectivity index (χ2v) is 3.63.